The van der Waals surface area contributed by atoms with Crippen molar-refractivity contribution in [3.63, 3.8) is 0 Å². The highest BCUT2D eigenvalue weighted by molar-refractivity contribution is 5.92. The van der Waals surface area contributed by atoms with Crippen molar-refractivity contribution >= 4 is 22.5 Å². The van der Waals surface area contributed by atoms with Crippen LogP contribution < -0.4 is 29.0 Å². The third-order valence-corrected chi connectivity index (χ3v) is 5.00. The summed E-state index contributed by atoms with van der Waals surface area (Å²) in [6.07, 6.45) is 1.67. The van der Waals surface area contributed by atoms with Crippen LogP contribution in [0, 0.1) is 0 Å². The molecule has 0 radical (unpaired) electrons. The smallest absolute Gasteiger partial charge is 0.262 e. The number of nitrogens with one attached hydrogen (secondary N) is 1. The molecule has 174 valence electrons. The van der Waals surface area contributed by atoms with Crippen LogP contribution in [0.2, 0.25) is 0 Å². The summed E-state index contributed by atoms with van der Waals surface area (Å²) in [7, 11) is 4.75. The molecule has 8 nitrogen and oxygen atoms in total. The third kappa shape index (κ3) is 5.29. The van der Waals surface area contributed by atoms with Gasteiger partial charge in [0.1, 0.15) is 23.0 Å². The second-order valence-electron chi connectivity index (χ2n) is 7.17. The minimum atomic E-state index is -0.273. The fraction of sp³-hybridized carbons (Fsp3) is 0.154. The highest BCUT2D eigenvalue weighted by atomic mass is 16.5. The zero-order valence-corrected chi connectivity index (χ0v) is 19.0. The number of anilines is 1. The lowest BCUT2D eigenvalue weighted by molar-refractivity contribution is -0.118. The van der Waals surface area contributed by atoms with Crippen molar-refractivity contribution in [1.29, 1.82) is 0 Å². The number of amides is 1. The molecule has 8 heteroatoms. The second-order valence-corrected chi connectivity index (χ2v) is 7.17. The predicted octanol–water partition coefficient (Wildman–Crippen LogP) is 5.07. The number of pyridine rings is 1. The fourth-order valence-corrected chi connectivity index (χ4v) is 3.29. The predicted molar refractivity (Wildman–Crippen MR) is 128 cm³/mol. The number of aromatic nitrogens is 1. The van der Waals surface area contributed by atoms with Crippen LogP contribution in [0.5, 0.6) is 34.5 Å². The van der Waals surface area contributed by atoms with E-state index in [0.717, 1.165) is 16.7 Å². The lowest BCUT2D eigenvalue weighted by Crippen LogP contribution is -2.20. The lowest BCUT2D eigenvalue weighted by atomic mass is 10.2. The Bertz CT molecular complexity index is 1270. The van der Waals surface area contributed by atoms with E-state index >= 15 is 0 Å². The molecular formula is C26H24N2O6. The van der Waals surface area contributed by atoms with E-state index < -0.39 is 0 Å². The van der Waals surface area contributed by atoms with E-state index in [1.54, 1.807) is 88.2 Å². The number of hydrogen-bond donors (Lipinski definition) is 1. The zero-order chi connectivity index (χ0) is 23.9. The first-order valence-electron chi connectivity index (χ1n) is 10.4. The summed E-state index contributed by atoms with van der Waals surface area (Å²) in [6.45, 7) is -0.112. The van der Waals surface area contributed by atoms with E-state index in [-0.39, 0.29) is 12.5 Å². The zero-order valence-electron chi connectivity index (χ0n) is 19.0. The van der Waals surface area contributed by atoms with Gasteiger partial charge in [0.25, 0.3) is 5.91 Å². The molecule has 0 aliphatic carbocycles. The van der Waals surface area contributed by atoms with Gasteiger partial charge in [-0.15, -0.1) is 0 Å². The number of nitrogens with zero attached hydrogens (tertiary/aromatic N) is 1. The maximum Gasteiger partial charge on any atom is 0.262 e. The number of fused-ring (bicyclic) bond motifs is 1. The number of methoxy groups -OCH3 is 3. The number of carbonyl (C=O) groups is 1. The summed E-state index contributed by atoms with van der Waals surface area (Å²) < 4.78 is 27.4. The Morgan fingerprint density at radius 1 is 0.765 bits per heavy atom. The van der Waals surface area contributed by atoms with E-state index in [9.17, 15) is 4.79 Å². The van der Waals surface area contributed by atoms with Crippen molar-refractivity contribution in [2.75, 3.05) is 33.3 Å². The Balaban J connectivity index is 1.39. The van der Waals surface area contributed by atoms with Crippen molar-refractivity contribution < 1.29 is 28.5 Å². The van der Waals surface area contributed by atoms with Gasteiger partial charge in [-0.2, -0.15) is 0 Å². The molecule has 0 saturated carbocycles. The average Bonchev–Trinajstić information content (AvgIpc) is 2.88. The van der Waals surface area contributed by atoms with Gasteiger partial charge in [-0.1, -0.05) is 0 Å². The van der Waals surface area contributed by atoms with E-state index in [4.69, 9.17) is 23.7 Å². The van der Waals surface area contributed by atoms with Crippen molar-refractivity contribution in [3.8, 4) is 34.5 Å². The van der Waals surface area contributed by atoms with Gasteiger partial charge in [-0.05, 0) is 60.7 Å². The van der Waals surface area contributed by atoms with Crippen molar-refractivity contribution in [1.82, 2.24) is 4.98 Å². The molecule has 0 fully saturated rings. The normalized spacial score (nSPS) is 10.4. The molecule has 3 aromatic carbocycles. The Morgan fingerprint density at radius 2 is 1.41 bits per heavy atom. The highest BCUT2D eigenvalue weighted by Gasteiger charge is 2.12. The molecule has 4 aromatic rings. The minimum absolute atomic E-state index is 0.112. The van der Waals surface area contributed by atoms with Crippen LogP contribution in [0.25, 0.3) is 10.9 Å². The van der Waals surface area contributed by atoms with Crippen LogP contribution >= 0.6 is 0 Å². The monoisotopic (exact) mass is 460 g/mol. The maximum atomic E-state index is 12.2. The quantitative estimate of drug-likeness (QED) is 0.373. The van der Waals surface area contributed by atoms with Crippen molar-refractivity contribution in [2.24, 2.45) is 0 Å². The largest absolute Gasteiger partial charge is 0.497 e. The Kier molecular flexibility index (Phi) is 6.98. The topological polar surface area (TPSA) is 88.1 Å². The minimum Gasteiger partial charge on any atom is -0.497 e. The summed E-state index contributed by atoms with van der Waals surface area (Å²) >= 11 is 0. The maximum absolute atomic E-state index is 12.2. The van der Waals surface area contributed by atoms with Crippen LogP contribution in [-0.4, -0.2) is 38.8 Å². The fourth-order valence-electron chi connectivity index (χ4n) is 3.29. The summed E-state index contributed by atoms with van der Waals surface area (Å²) in [6, 6.07) is 19.5. The number of ether oxygens (including phenoxy) is 5. The molecular weight excluding hydrogens is 436 g/mol. The van der Waals surface area contributed by atoms with Crippen LogP contribution in [0.1, 0.15) is 0 Å². The molecule has 4 rings (SSSR count). The van der Waals surface area contributed by atoms with Crippen LogP contribution in [-0.2, 0) is 4.79 Å². The lowest BCUT2D eigenvalue weighted by Gasteiger charge is -2.13. The average molecular weight is 460 g/mol. The number of hydrogen-bond acceptors (Lipinski definition) is 7. The Hall–Kier alpha value is -4.46. The number of benzene rings is 3. The molecule has 0 unspecified atom stereocenters. The molecule has 0 aliphatic heterocycles. The summed E-state index contributed by atoms with van der Waals surface area (Å²) in [5, 5.41) is 3.58. The van der Waals surface area contributed by atoms with E-state index in [1.807, 2.05) is 6.07 Å². The molecule has 34 heavy (non-hydrogen) atoms. The van der Waals surface area contributed by atoms with E-state index in [1.165, 1.54) is 0 Å². The molecule has 1 amide bonds. The Labute approximate surface area is 197 Å². The van der Waals surface area contributed by atoms with E-state index in [2.05, 4.69) is 10.3 Å². The van der Waals surface area contributed by atoms with Crippen LogP contribution in [0.15, 0.2) is 72.9 Å². The van der Waals surface area contributed by atoms with Gasteiger partial charge in [-0.25, -0.2) is 0 Å². The van der Waals surface area contributed by atoms with Gasteiger partial charge in [-0.3, -0.25) is 9.78 Å². The summed E-state index contributed by atoms with van der Waals surface area (Å²) in [4.78, 5) is 16.6. The second kappa shape index (κ2) is 10.4. The van der Waals surface area contributed by atoms with Gasteiger partial charge < -0.3 is 29.0 Å². The molecule has 1 aromatic heterocycles. The Morgan fingerprint density at radius 3 is 2.09 bits per heavy atom. The van der Waals surface area contributed by atoms with Crippen molar-refractivity contribution in [2.45, 2.75) is 0 Å². The van der Waals surface area contributed by atoms with Gasteiger partial charge in [0.15, 0.2) is 18.1 Å². The van der Waals surface area contributed by atoms with Gasteiger partial charge in [0, 0.05) is 23.3 Å². The van der Waals surface area contributed by atoms with Crippen molar-refractivity contribution in [3.05, 3.63) is 72.9 Å². The summed E-state index contributed by atoms with van der Waals surface area (Å²) in [5.41, 5.74) is 1.34. The molecule has 0 aliphatic rings. The SMILES string of the molecule is COc1ccc(OCC(=O)Nc2ccc(Oc3ccnc4cc(OC)c(OC)cc34)cc2)cc1. The first-order chi connectivity index (χ1) is 16.6. The van der Waals surface area contributed by atoms with Crippen LogP contribution in [0.3, 0.4) is 0 Å². The molecule has 0 spiro atoms. The highest BCUT2D eigenvalue weighted by Crippen LogP contribution is 2.37. The molecule has 1 N–H and O–H groups in total. The van der Waals surface area contributed by atoms with Gasteiger partial charge in [0.05, 0.1) is 26.8 Å². The number of carbonyl (C=O) groups excluding carboxylic acids is 1. The van der Waals surface area contributed by atoms with Gasteiger partial charge >= 0.3 is 0 Å². The standard InChI is InChI=1S/C26H24N2O6/c1-30-18-8-10-19(11-9-18)33-16-26(29)28-17-4-6-20(7-5-17)34-23-12-13-27-22-15-25(32-3)24(31-2)14-21(22)23/h4-15H,16H2,1-3H3,(H,28,29). The third-order valence-electron chi connectivity index (χ3n) is 5.00. The van der Waals surface area contributed by atoms with Crippen LogP contribution in [0.4, 0.5) is 5.69 Å². The van der Waals surface area contributed by atoms with Gasteiger partial charge in [0.2, 0.25) is 0 Å². The first-order valence-corrected chi connectivity index (χ1v) is 10.4. The molecule has 0 saturated heterocycles. The molecule has 0 atom stereocenters. The van der Waals surface area contributed by atoms with E-state index in [0.29, 0.717) is 34.4 Å². The summed E-state index contributed by atoms with van der Waals surface area (Å²) in [5.74, 6) is 3.44. The number of rotatable bonds is 9. The molecule has 1 heterocycles. The first kappa shape index (κ1) is 22.7. The molecule has 0 bridgehead atoms.